The van der Waals surface area contributed by atoms with Crippen LogP contribution in [0.2, 0.25) is 0 Å². The van der Waals surface area contributed by atoms with E-state index in [1.54, 1.807) is 0 Å². The van der Waals surface area contributed by atoms with Crippen molar-refractivity contribution >= 4 is 5.97 Å². The third kappa shape index (κ3) is 2.51. The first-order valence-corrected chi connectivity index (χ1v) is 10.0. The molecular formula is C21H32O4. The number of fused-ring (bicyclic) bond motifs is 5. The highest BCUT2D eigenvalue weighted by molar-refractivity contribution is 5.66. The maximum atomic E-state index is 11.3. The molecule has 3 saturated carbocycles. The first kappa shape index (κ1) is 17.5. The van der Waals surface area contributed by atoms with Crippen LogP contribution in [-0.4, -0.2) is 34.5 Å². The summed E-state index contributed by atoms with van der Waals surface area (Å²) in [4.78, 5) is 11.3. The third-order valence-electron chi connectivity index (χ3n) is 8.37. The summed E-state index contributed by atoms with van der Waals surface area (Å²) in [6, 6.07) is 0. The molecule has 0 aromatic heterocycles. The predicted molar refractivity (Wildman–Crippen MR) is 94.7 cm³/mol. The minimum atomic E-state index is -0.431. The fourth-order valence-corrected chi connectivity index (χ4v) is 6.92. The molecule has 140 valence electrons. The van der Waals surface area contributed by atoms with Crippen LogP contribution in [0.15, 0.2) is 11.6 Å². The van der Waals surface area contributed by atoms with Gasteiger partial charge in [-0.2, -0.15) is 0 Å². The molecule has 25 heavy (non-hydrogen) atoms. The molecule has 0 aromatic carbocycles. The molecule has 0 radical (unpaired) electrons. The molecule has 4 rings (SSSR count). The number of carbonyl (C=O) groups excluding carboxylic acids is 1. The van der Waals surface area contributed by atoms with E-state index in [0.29, 0.717) is 11.8 Å². The van der Waals surface area contributed by atoms with Gasteiger partial charge in [0.2, 0.25) is 0 Å². The monoisotopic (exact) mass is 348 g/mol. The predicted octanol–water partition coefficient (Wildman–Crippen LogP) is 3.21. The number of hydrogen-bond acceptors (Lipinski definition) is 4. The molecule has 3 fully saturated rings. The number of carbonyl (C=O) groups is 1. The summed E-state index contributed by atoms with van der Waals surface area (Å²) in [7, 11) is 0. The Hall–Kier alpha value is -0.870. The lowest BCUT2D eigenvalue weighted by molar-refractivity contribution is -0.149. The van der Waals surface area contributed by atoms with Crippen molar-refractivity contribution in [1.29, 1.82) is 0 Å². The van der Waals surface area contributed by atoms with Crippen LogP contribution >= 0.6 is 0 Å². The summed E-state index contributed by atoms with van der Waals surface area (Å²) < 4.78 is 5.46. The average molecular weight is 348 g/mol. The summed E-state index contributed by atoms with van der Waals surface area (Å²) in [5.41, 5.74) is 1.37. The van der Waals surface area contributed by atoms with Crippen LogP contribution < -0.4 is 0 Å². The minimum absolute atomic E-state index is 0.0290. The van der Waals surface area contributed by atoms with E-state index in [9.17, 15) is 15.0 Å². The highest BCUT2D eigenvalue weighted by Crippen LogP contribution is 2.64. The topological polar surface area (TPSA) is 66.8 Å². The van der Waals surface area contributed by atoms with Gasteiger partial charge in [-0.15, -0.1) is 0 Å². The number of aliphatic hydroxyl groups is 2. The van der Waals surface area contributed by atoms with E-state index in [1.165, 1.54) is 12.5 Å². The number of esters is 1. The molecule has 4 aliphatic rings. The van der Waals surface area contributed by atoms with Crippen LogP contribution in [0.3, 0.4) is 0 Å². The maximum Gasteiger partial charge on any atom is 0.302 e. The second kappa shape index (κ2) is 5.82. The van der Waals surface area contributed by atoms with Crippen molar-refractivity contribution < 1.29 is 19.7 Å². The van der Waals surface area contributed by atoms with Crippen molar-refractivity contribution in [2.45, 2.75) is 84.0 Å². The molecule has 0 heterocycles. The highest BCUT2D eigenvalue weighted by atomic mass is 16.5. The lowest BCUT2D eigenvalue weighted by atomic mass is 9.47. The second-order valence-electron chi connectivity index (χ2n) is 9.50. The molecule has 0 saturated heterocycles. The van der Waals surface area contributed by atoms with Crippen LogP contribution in [0.1, 0.15) is 65.7 Å². The van der Waals surface area contributed by atoms with Crippen LogP contribution in [0, 0.1) is 28.6 Å². The third-order valence-corrected chi connectivity index (χ3v) is 8.37. The largest absolute Gasteiger partial charge is 0.462 e. The Labute approximate surface area is 150 Å². The Balaban J connectivity index is 1.64. The Kier molecular flexibility index (Phi) is 4.08. The first-order chi connectivity index (χ1) is 11.8. The minimum Gasteiger partial charge on any atom is -0.462 e. The maximum absolute atomic E-state index is 11.3. The van der Waals surface area contributed by atoms with E-state index in [0.717, 1.165) is 44.9 Å². The lowest BCUT2D eigenvalue weighted by Gasteiger charge is -2.58. The van der Waals surface area contributed by atoms with Gasteiger partial charge in [-0.05, 0) is 67.1 Å². The van der Waals surface area contributed by atoms with Crippen LogP contribution in [0.4, 0.5) is 0 Å². The number of ether oxygens (including phenoxy) is 1. The standard InChI is InChI=1S/C21H32O4/c1-12(22)25-14-6-8-20(2)13(10-14)11-17(23)19-15-4-5-18(24)21(15,3)9-7-16(19)20/h11,14-19,23-24H,4-10H2,1-3H3/t14?,15-,16+,17?,18?,19-,20-,21-/m0/s1. The number of hydrogen-bond donors (Lipinski definition) is 2. The molecule has 4 heteroatoms. The van der Waals surface area contributed by atoms with Gasteiger partial charge in [0.1, 0.15) is 6.10 Å². The second-order valence-corrected chi connectivity index (χ2v) is 9.50. The summed E-state index contributed by atoms with van der Waals surface area (Å²) >= 11 is 0. The lowest BCUT2D eigenvalue weighted by Crippen LogP contribution is -2.55. The zero-order chi connectivity index (χ0) is 18.0. The van der Waals surface area contributed by atoms with Crippen molar-refractivity contribution in [3.05, 3.63) is 11.6 Å². The van der Waals surface area contributed by atoms with Crippen LogP contribution in [0.5, 0.6) is 0 Å². The van der Waals surface area contributed by atoms with Crippen molar-refractivity contribution in [1.82, 2.24) is 0 Å². The molecule has 0 bridgehead atoms. The molecule has 3 unspecified atom stereocenters. The Bertz CT molecular complexity index is 599. The fourth-order valence-electron chi connectivity index (χ4n) is 6.92. The average Bonchev–Trinajstić information content (AvgIpc) is 2.84. The molecular weight excluding hydrogens is 316 g/mol. The van der Waals surface area contributed by atoms with Gasteiger partial charge < -0.3 is 14.9 Å². The Morgan fingerprint density at radius 3 is 2.60 bits per heavy atom. The van der Waals surface area contributed by atoms with Crippen molar-refractivity contribution in [3.63, 3.8) is 0 Å². The van der Waals surface area contributed by atoms with Crippen LogP contribution in [-0.2, 0) is 9.53 Å². The molecule has 0 aromatic rings. The molecule has 2 N–H and O–H groups in total. The van der Waals surface area contributed by atoms with Crippen molar-refractivity contribution in [2.24, 2.45) is 28.6 Å². The van der Waals surface area contributed by atoms with E-state index in [-0.39, 0.29) is 34.9 Å². The molecule has 4 aliphatic carbocycles. The first-order valence-electron chi connectivity index (χ1n) is 10.0. The van der Waals surface area contributed by atoms with Crippen molar-refractivity contribution in [2.75, 3.05) is 0 Å². The molecule has 8 atom stereocenters. The van der Waals surface area contributed by atoms with Gasteiger partial charge in [-0.3, -0.25) is 4.79 Å². The zero-order valence-corrected chi connectivity index (χ0v) is 15.7. The van der Waals surface area contributed by atoms with E-state index >= 15 is 0 Å². The molecule has 0 spiro atoms. The summed E-state index contributed by atoms with van der Waals surface area (Å²) in [6.45, 7) is 6.07. The van der Waals surface area contributed by atoms with E-state index < -0.39 is 6.10 Å². The van der Waals surface area contributed by atoms with Gasteiger partial charge in [-0.1, -0.05) is 25.5 Å². The normalized spacial score (nSPS) is 51.8. The van der Waals surface area contributed by atoms with Gasteiger partial charge in [0.05, 0.1) is 12.2 Å². The Morgan fingerprint density at radius 2 is 1.88 bits per heavy atom. The van der Waals surface area contributed by atoms with E-state index in [4.69, 9.17) is 4.74 Å². The fraction of sp³-hybridized carbons (Fsp3) is 0.857. The quantitative estimate of drug-likeness (QED) is 0.564. The van der Waals surface area contributed by atoms with Crippen molar-refractivity contribution in [3.8, 4) is 0 Å². The van der Waals surface area contributed by atoms with Gasteiger partial charge >= 0.3 is 5.97 Å². The van der Waals surface area contributed by atoms with Gasteiger partial charge in [-0.25, -0.2) is 0 Å². The SMILES string of the molecule is CC(=O)OC1CC[C@@]2(C)C(=CC(O)[C@@H]3[C@H]2CC[C@]2(C)C(O)CC[C@@H]32)C1. The number of aliphatic hydroxyl groups excluding tert-OH is 2. The number of rotatable bonds is 1. The van der Waals surface area contributed by atoms with E-state index in [1.807, 2.05) is 0 Å². The highest BCUT2D eigenvalue weighted by Gasteiger charge is 2.60. The van der Waals surface area contributed by atoms with Gasteiger partial charge in [0.25, 0.3) is 0 Å². The molecule has 0 amide bonds. The smallest absolute Gasteiger partial charge is 0.302 e. The van der Waals surface area contributed by atoms with Gasteiger partial charge in [0.15, 0.2) is 0 Å². The van der Waals surface area contributed by atoms with Gasteiger partial charge in [0, 0.05) is 13.3 Å². The zero-order valence-electron chi connectivity index (χ0n) is 15.7. The van der Waals surface area contributed by atoms with E-state index in [2.05, 4.69) is 19.9 Å². The van der Waals surface area contributed by atoms with Crippen LogP contribution in [0.25, 0.3) is 0 Å². The molecule has 0 aliphatic heterocycles. The summed E-state index contributed by atoms with van der Waals surface area (Å²) in [5.74, 6) is 0.938. The molecule has 4 nitrogen and oxygen atoms in total. The Morgan fingerprint density at radius 1 is 1.12 bits per heavy atom. The summed E-state index contributed by atoms with van der Waals surface area (Å²) in [5, 5.41) is 21.5. The summed E-state index contributed by atoms with van der Waals surface area (Å²) in [6.07, 6.45) is 8.14.